The molecule has 4 rings (SSSR count). The maximum absolute atomic E-state index is 12.1. The number of carbonyl (C=O) groups is 1. The summed E-state index contributed by atoms with van der Waals surface area (Å²) in [4.78, 5) is 20.8. The molecule has 0 aliphatic carbocycles. The van der Waals surface area contributed by atoms with Crippen molar-refractivity contribution >= 4 is 28.6 Å². The van der Waals surface area contributed by atoms with E-state index in [1.807, 2.05) is 0 Å². The van der Waals surface area contributed by atoms with Gasteiger partial charge in [-0.15, -0.1) is 0 Å². The van der Waals surface area contributed by atoms with Crippen molar-refractivity contribution in [3.63, 3.8) is 0 Å². The van der Waals surface area contributed by atoms with Crippen molar-refractivity contribution in [2.24, 2.45) is 0 Å². The molecular weight excluding hydrogens is 408 g/mol. The fourth-order valence-corrected chi connectivity index (χ4v) is 3.21. The molecule has 1 saturated heterocycles. The van der Waals surface area contributed by atoms with Crippen LogP contribution in [0.3, 0.4) is 0 Å². The van der Waals surface area contributed by atoms with Gasteiger partial charge in [-0.3, -0.25) is 0 Å². The third kappa shape index (κ3) is 5.17. The highest BCUT2D eigenvalue weighted by Gasteiger charge is 2.21. The smallest absolute Gasteiger partial charge is 0.347 e. The average Bonchev–Trinajstić information content (AvgIpc) is 3.27. The SMILES string of the molecule is C[C@@H](Oc1ccc(Oc2cnc3cc(Cl)ccc3n2)cc1)C(=O)OC[C@H]1CCCO1. The molecule has 2 aromatic carbocycles. The number of hydrogen-bond donors (Lipinski definition) is 0. The number of halogens is 1. The van der Waals surface area contributed by atoms with Crippen LogP contribution in [0.5, 0.6) is 17.4 Å². The highest BCUT2D eigenvalue weighted by Crippen LogP contribution is 2.25. The predicted molar refractivity (Wildman–Crippen MR) is 111 cm³/mol. The molecular formula is C22H21ClN2O5. The van der Waals surface area contributed by atoms with Gasteiger partial charge in [0.1, 0.15) is 18.1 Å². The molecule has 7 nitrogen and oxygen atoms in total. The van der Waals surface area contributed by atoms with Crippen LogP contribution in [0.2, 0.25) is 5.02 Å². The van der Waals surface area contributed by atoms with E-state index in [1.165, 1.54) is 6.20 Å². The first-order valence-corrected chi connectivity index (χ1v) is 10.1. The van der Waals surface area contributed by atoms with Crippen molar-refractivity contribution in [3.8, 4) is 17.4 Å². The Balaban J connectivity index is 1.32. The molecule has 0 radical (unpaired) electrons. The lowest BCUT2D eigenvalue weighted by Crippen LogP contribution is -2.29. The van der Waals surface area contributed by atoms with Gasteiger partial charge < -0.3 is 18.9 Å². The van der Waals surface area contributed by atoms with Gasteiger partial charge in [-0.25, -0.2) is 14.8 Å². The molecule has 0 bridgehead atoms. The Hall–Kier alpha value is -2.90. The summed E-state index contributed by atoms with van der Waals surface area (Å²) in [5, 5.41) is 0.603. The van der Waals surface area contributed by atoms with E-state index in [0.717, 1.165) is 19.4 Å². The Kier molecular flexibility index (Phi) is 6.30. The van der Waals surface area contributed by atoms with Crippen molar-refractivity contribution in [1.82, 2.24) is 9.97 Å². The van der Waals surface area contributed by atoms with E-state index in [1.54, 1.807) is 49.4 Å². The highest BCUT2D eigenvalue weighted by atomic mass is 35.5. The van der Waals surface area contributed by atoms with Crippen molar-refractivity contribution in [3.05, 3.63) is 53.7 Å². The second kappa shape index (κ2) is 9.28. The molecule has 0 amide bonds. The summed E-state index contributed by atoms with van der Waals surface area (Å²) in [5.41, 5.74) is 1.38. The summed E-state index contributed by atoms with van der Waals surface area (Å²) in [5.74, 6) is 1.05. The standard InChI is InChI=1S/C22H21ClN2O5/c1-14(22(26)28-13-18-3-2-10-27-18)29-16-5-7-17(8-6-16)30-21-12-24-20-11-15(23)4-9-19(20)25-21/h4-9,11-12,14,18H,2-3,10,13H2,1H3/t14-,18-/m1/s1. The molecule has 1 aliphatic heterocycles. The lowest BCUT2D eigenvalue weighted by molar-refractivity contribution is -0.154. The minimum atomic E-state index is -0.726. The minimum Gasteiger partial charge on any atom is -0.479 e. The van der Waals surface area contributed by atoms with E-state index >= 15 is 0 Å². The second-order valence-electron chi connectivity index (χ2n) is 6.94. The van der Waals surface area contributed by atoms with Gasteiger partial charge in [0, 0.05) is 11.6 Å². The normalized spacial score (nSPS) is 16.9. The quantitative estimate of drug-likeness (QED) is 0.510. The van der Waals surface area contributed by atoms with Gasteiger partial charge in [0.15, 0.2) is 6.10 Å². The van der Waals surface area contributed by atoms with Crippen LogP contribution >= 0.6 is 11.6 Å². The zero-order valence-corrected chi connectivity index (χ0v) is 17.2. The van der Waals surface area contributed by atoms with Crippen LogP contribution in [0.15, 0.2) is 48.7 Å². The average molecular weight is 429 g/mol. The number of rotatable bonds is 7. The first-order chi connectivity index (χ1) is 14.6. The van der Waals surface area contributed by atoms with Crippen LogP contribution in [-0.4, -0.2) is 41.4 Å². The first-order valence-electron chi connectivity index (χ1n) is 9.72. The number of esters is 1. The Morgan fingerprint density at radius 3 is 2.77 bits per heavy atom. The van der Waals surface area contributed by atoms with E-state index in [2.05, 4.69) is 9.97 Å². The molecule has 0 unspecified atom stereocenters. The third-order valence-corrected chi connectivity index (χ3v) is 4.84. The number of fused-ring (bicyclic) bond motifs is 1. The van der Waals surface area contributed by atoms with E-state index < -0.39 is 12.1 Å². The van der Waals surface area contributed by atoms with Crippen LogP contribution in [0.4, 0.5) is 0 Å². The summed E-state index contributed by atoms with van der Waals surface area (Å²) in [6.45, 7) is 2.64. The van der Waals surface area contributed by atoms with Crippen molar-refractivity contribution in [2.45, 2.75) is 32.0 Å². The third-order valence-electron chi connectivity index (χ3n) is 4.61. The zero-order valence-electron chi connectivity index (χ0n) is 16.4. The molecule has 1 aliphatic rings. The van der Waals surface area contributed by atoms with Crippen molar-refractivity contribution < 1.29 is 23.7 Å². The number of aromatic nitrogens is 2. The predicted octanol–water partition coefficient (Wildman–Crippen LogP) is 4.57. The van der Waals surface area contributed by atoms with Gasteiger partial charge >= 0.3 is 5.97 Å². The highest BCUT2D eigenvalue weighted by molar-refractivity contribution is 6.31. The van der Waals surface area contributed by atoms with E-state index in [-0.39, 0.29) is 12.7 Å². The van der Waals surface area contributed by atoms with Crippen molar-refractivity contribution in [1.29, 1.82) is 0 Å². The number of benzene rings is 2. The fraction of sp³-hybridized carbons (Fsp3) is 0.318. The molecule has 1 fully saturated rings. The van der Waals surface area contributed by atoms with Gasteiger partial charge in [-0.05, 0) is 62.2 Å². The number of ether oxygens (including phenoxy) is 4. The molecule has 1 aromatic heterocycles. The van der Waals surface area contributed by atoms with Crippen molar-refractivity contribution in [2.75, 3.05) is 13.2 Å². The van der Waals surface area contributed by atoms with Crippen LogP contribution in [-0.2, 0) is 14.3 Å². The lowest BCUT2D eigenvalue weighted by Gasteiger charge is -2.16. The molecule has 0 N–H and O–H groups in total. The fourth-order valence-electron chi connectivity index (χ4n) is 3.04. The van der Waals surface area contributed by atoms with Gasteiger partial charge in [0.2, 0.25) is 5.88 Å². The number of hydrogen-bond acceptors (Lipinski definition) is 7. The largest absolute Gasteiger partial charge is 0.479 e. The summed E-state index contributed by atoms with van der Waals surface area (Å²) in [6.07, 6.45) is 2.72. The van der Waals surface area contributed by atoms with Gasteiger partial charge in [-0.1, -0.05) is 11.6 Å². The van der Waals surface area contributed by atoms with Crippen LogP contribution in [0.25, 0.3) is 11.0 Å². The summed E-state index contributed by atoms with van der Waals surface area (Å²) in [7, 11) is 0. The van der Waals surface area contributed by atoms with Gasteiger partial charge in [0.05, 0.1) is 23.3 Å². The maximum Gasteiger partial charge on any atom is 0.347 e. The van der Waals surface area contributed by atoms with E-state index in [4.69, 9.17) is 30.5 Å². The maximum atomic E-state index is 12.1. The Labute approximate surface area is 178 Å². The topological polar surface area (TPSA) is 79.8 Å². The number of carbonyl (C=O) groups excluding carboxylic acids is 1. The van der Waals surface area contributed by atoms with Gasteiger partial charge in [-0.2, -0.15) is 0 Å². The van der Waals surface area contributed by atoms with E-state index in [9.17, 15) is 4.79 Å². The molecule has 2 heterocycles. The monoisotopic (exact) mass is 428 g/mol. The van der Waals surface area contributed by atoms with Crippen LogP contribution < -0.4 is 9.47 Å². The van der Waals surface area contributed by atoms with E-state index in [0.29, 0.717) is 33.4 Å². The zero-order chi connectivity index (χ0) is 20.9. The Bertz CT molecular complexity index is 1020. The van der Waals surface area contributed by atoms with Gasteiger partial charge in [0.25, 0.3) is 0 Å². The minimum absolute atomic E-state index is 0.00669. The summed E-state index contributed by atoms with van der Waals surface area (Å²) in [6, 6.07) is 12.2. The van der Waals surface area contributed by atoms with Crippen LogP contribution in [0.1, 0.15) is 19.8 Å². The first kappa shape index (κ1) is 20.4. The van der Waals surface area contributed by atoms with Crippen LogP contribution in [0, 0.1) is 0 Å². The Morgan fingerprint density at radius 2 is 2.00 bits per heavy atom. The lowest BCUT2D eigenvalue weighted by atomic mass is 10.2. The summed E-state index contributed by atoms with van der Waals surface area (Å²) < 4.78 is 22.1. The molecule has 8 heteroatoms. The molecule has 2 atom stereocenters. The number of nitrogens with zero attached hydrogens (tertiary/aromatic N) is 2. The Morgan fingerprint density at radius 1 is 1.20 bits per heavy atom. The second-order valence-corrected chi connectivity index (χ2v) is 7.38. The molecule has 30 heavy (non-hydrogen) atoms. The molecule has 0 spiro atoms. The molecule has 156 valence electrons. The summed E-state index contributed by atoms with van der Waals surface area (Å²) >= 11 is 5.96. The molecule has 0 saturated carbocycles. The molecule has 3 aromatic rings.